The molecule has 1 heterocycles. The lowest BCUT2D eigenvalue weighted by Gasteiger charge is -2.31. The van der Waals surface area contributed by atoms with Crippen LogP contribution in [-0.2, 0) is 4.74 Å². The van der Waals surface area contributed by atoms with Crippen LogP contribution in [0.1, 0.15) is 38.5 Å². The quantitative estimate of drug-likeness (QED) is 0.765. The van der Waals surface area contributed by atoms with Crippen LogP contribution in [0.25, 0.3) is 0 Å². The van der Waals surface area contributed by atoms with E-state index in [2.05, 4.69) is 9.64 Å². The summed E-state index contributed by atoms with van der Waals surface area (Å²) in [6, 6.07) is 0.412. The SMILES string of the molecule is OC1CCCC1C1CCCN1CCCOCC(F)(F)F. The molecule has 1 N–H and O–H groups in total. The number of rotatable bonds is 6. The molecular weight excluding hydrogens is 271 g/mol. The molecule has 2 aliphatic rings. The Balaban J connectivity index is 1.67. The summed E-state index contributed by atoms with van der Waals surface area (Å²) in [6.45, 7) is 0.757. The van der Waals surface area contributed by atoms with E-state index in [9.17, 15) is 18.3 Å². The summed E-state index contributed by atoms with van der Waals surface area (Å²) in [6.07, 6.45) is 1.48. The van der Waals surface area contributed by atoms with Crippen molar-refractivity contribution in [1.82, 2.24) is 4.90 Å². The van der Waals surface area contributed by atoms with Crippen molar-refractivity contribution in [2.45, 2.75) is 56.8 Å². The highest BCUT2D eigenvalue weighted by molar-refractivity contribution is 4.91. The highest BCUT2D eigenvalue weighted by atomic mass is 19.4. The number of hydrogen-bond donors (Lipinski definition) is 1. The molecule has 3 unspecified atom stereocenters. The van der Waals surface area contributed by atoms with Crippen molar-refractivity contribution < 1.29 is 23.0 Å². The molecule has 0 aromatic rings. The highest BCUT2D eigenvalue weighted by Gasteiger charge is 2.37. The van der Waals surface area contributed by atoms with Gasteiger partial charge in [-0.3, -0.25) is 4.90 Å². The molecule has 6 heteroatoms. The third-order valence-electron chi connectivity index (χ3n) is 4.44. The third kappa shape index (κ3) is 4.60. The van der Waals surface area contributed by atoms with Crippen molar-refractivity contribution >= 4 is 0 Å². The maximum Gasteiger partial charge on any atom is 0.411 e. The zero-order chi connectivity index (χ0) is 14.6. The first-order valence-electron chi connectivity index (χ1n) is 7.54. The third-order valence-corrected chi connectivity index (χ3v) is 4.44. The van der Waals surface area contributed by atoms with Crippen molar-refractivity contribution in [2.24, 2.45) is 5.92 Å². The molecule has 0 aromatic heterocycles. The van der Waals surface area contributed by atoms with Crippen LogP contribution < -0.4 is 0 Å². The Labute approximate surface area is 118 Å². The lowest BCUT2D eigenvalue weighted by atomic mass is 9.94. The number of aliphatic hydroxyl groups excluding tert-OH is 1. The molecule has 0 radical (unpaired) electrons. The van der Waals surface area contributed by atoms with Gasteiger partial charge in [0.25, 0.3) is 0 Å². The van der Waals surface area contributed by atoms with Crippen LogP contribution in [0.3, 0.4) is 0 Å². The second-order valence-electron chi connectivity index (χ2n) is 5.93. The molecule has 118 valence electrons. The van der Waals surface area contributed by atoms with Crippen LogP contribution in [0.5, 0.6) is 0 Å². The zero-order valence-corrected chi connectivity index (χ0v) is 11.7. The van der Waals surface area contributed by atoms with Crippen LogP contribution in [-0.4, -0.2) is 54.6 Å². The second kappa shape index (κ2) is 7.09. The fourth-order valence-electron chi connectivity index (χ4n) is 3.59. The van der Waals surface area contributed by atoms with Crippen LogP contribution in [0.15, 0.2) is 0 Å². The van der Waals surface area contributed by atoms with E-state index in [1.54, 1.807) is 0 Å². The highest BCUT2D eigenvalue weighted by Crippen LogP contribution is 2.35. The molecule has 1 saturated carbocycles. The monoisotopic (exact) mass is 295 g/mol. The standard InChI is InChI=1S/C14H24F3NO2/c15-14(16,17)10-20-9-3-8-18-7-2-5-12(18)11-4-1-6-13(11)19/h11-13,19H,1-10H2. The molecule has 0 bridgehead atoms. The van der Waals surface area contributed by atoms with Gasteiger partial charge in [-0.2, -0.15) is 13.2 Å². The van der Waals surface area contributed by atoms with Crippen LogP contribution in [0, 0.1) is 5.92 Å². The van der Waals surface area contributed by atoms with Gasteiger partial charge >= 0.3 is 6.18 Å². The number of ether oxygens (including phenoxy) is 1. The van der Waals surface area contributed by atoms with E-state index >= 15 is 0 Å². The van der Waals surface area contributed by atoms with Gasteiger partial charge in [0.2, 0.25) is 0 Å². The summed E-state index contributed by atoms with van der Waals surface area (Å²) in [4.78, 5) is 2.33. The van der Waals surface area contributed by atoms with E-state index in [1.807, 2.05) is 0 Å². The van der Waals surface area contributed by atoms with E-state index in [0.29, 0.717) is 18.4 Å². The Hall–Kier alpha value is -0.330. The van der Waals surface area contributed by atoms with Gasteiger partial charge in [0, 0.05) is 25.1 Å². The number of nitrogens with zero attached hydrogens (tertiary/aromatic N) is 1. The number of halogens is 3. The summed E-state index contributed by atoms with van der Waals surface area (Å²) in [7, 11) is 0. The first kappa shape index (κ1) is 16.0. The van der Waals surface area contributed by atoms with E-state index in [4.69, 9.17) is 0 Å². The normalized spacial score (nSPS) is 32.1. The van der Waals surface area contributed by atoms with Crippen LogP contribution in [0.4, 0.5) is 13.2 Å². The lowest BCUT2D eigenvalue weighted by Crippen LogP contribution is -2.39. The molecule has 3 atom stereocenters. The number of aliphatic hydroxyl groups is 1. The minimum atomic E-state index is -4.23. The smallest absolute Gasteiger partial charge is 0.393 e. The molecule has 0 amide bonds. The molecule has 3 nitrogen and oxygen atoms in total. The number of alkyl halides is 3. The Kier molecular flexibility index (Phi) is 5.69. The second-order valence-corrected chi connectivity index (χ2v) is 5.93. The Morgan fingerprint density at radius 2 is 1.95 bits per heavy atom. The first-order chi connectivity index (χ1) is 9.47. The summed E-state index contributed by atoms with van der Waals surface area (Å²) >= 11 is 0. The van der Waals surface area contributed by atoms with E-state index in [0.717, 1.165) is 45.2 Å². The first-order valence-corrected chi connectivity index (χ1v) is 7.54. The predicted octanol–water partition coefficient (Wildman–Crippen LogP) is 2.58. The minimum absolute atomic E-state index is 0.149. The Morgan fingerprint density at radius 3 is 2.60 bits per heavy atom. The summed E-state index contributed by atoms with van der Waals surface area (Å²) in [5, 5.41) is 9.99. The molecule has 2 rings (SSSR count). The van der Waals surface area contributed by atoms with Crippen LogP contribution >= 0.6 is 0 Å². The molecule has 1 aliphatic heterocycles. The minimum Gasteiger partial charge on any atom is -0.393 e. The van der Waals surface area contributed by atoms with E-state index in [1.165, 1.54) is 0 Å². The Morgan fingerprint density at radius 1 is 1.15 bits per heavy atom. The van der Waals surface area contributed by atoms with Gasteiger partial charge in [-0.25, -0.2) is 0 Å². The van der Waals surface area contributed by atoms with Crippen molar-refractivity contribution in [3.63, 3.8) is 0 Å². The fourth-order valence-corrected chi connectivity index (χ4v) is 3.59. The van der Waals surface area contributed by atoms with Crippen LogP contribution in [0.2, 0.25) is 0 Å². The van der Waals surface area contributed by atoms with Gasteiger partial charge in [-0.05, 0) is 38.6 Å². The van der Waals surface area contributed by atoms with E-state index < -0.39 is 12.8 Å². The average molecular weight is 295 g/mol. The topological polar surface area (TPSA) is 32.7 Å². The molecule has 1 saturated heterocycles. The van der Waals surface area contributed by atoms with Crippen molar-refractivity contribution in [3.05, 3.63) is 0 Å². The predicted molar refractivity (Wildman–Crippen MR) is 69.4 cm³/mol. The van der Waals surface area contributed by atoms with Gasteiger partial charge in [0.15, 0.2) is 0 Å². The van der Waals surface area contributed by atoms with Gasteiger partial charge in [-0.15, -0.1) is 0 Å². The summed E-state index contributed by atoms with van der Waals surface area (Å²) in [5.74, 6) is 0.355. The average Bonchev–Trinajstić information content (AvgIpc) is 2.95. The molecule has 20 heavy (non-hydrogen) atoms. The van der Waals surface area contributed by atoms with E-state index in [-0.39, 0.29) is 12.7 Å². The molecule has 1 aliphatic carbocycles. The number of hydrogen-bond acceptors (Lipinski definition) is 3. The Bertz CT molecular complexity index is 299. The molecule has 2 fully saturated rings. The van der Waals surface area contributed by atoms with Crippen molar-refractivity contribution in [3.8, 4) is 0 Å². The maximum absolute atomic E-state index is 11.9. The molecule has 0 aromatic carbocycles. The van der Waals surface area contributed by atoms with Crippen molar-refractivity contribution in [2.75, 3.05) is 26.3 Å². The largest absolute Gasteiger partial charge is 0.411 e. The zero-order valence-electron chi connectivity index (χ0n) is 11.7. The summed E-state index contributed by atoms with van der Waals surface area (Å²) in [5.41, 5.74) is 0. The summed E-state index contributed by atoms with van der Waals surface area (Å²) < 4.78 is 40.4. The van der Waals surface area contributed by atoms with Gasteiger partial charge in [-0.1, -0.05) is 6.42 Å². The van der Waals surface area contributed by atoms with Crippen molar-refractivity contribution in [1.29, 1.82) is 0 Å². The molecule has 0 spiro atoms. The van der Waals surface area contributed by atoms with Gasteiger partial charge in [0.05, 0.1) is 6.10 Å². The fraction of sp³-hybridized carbons (Fsp3) is 1.00. The maximum atomic E-state index is 11.9. The number of likely N-dealkylation sites (tertiary alicyclic amines) is 1. The van der Waals surface area contributed by atoms with Gasteiger partial charge in [0.1, 0.15) is 6.61 Å². The van der Waals surface area contributed by atoms with Gasteiger partial charge < -0.3 is 9.84 Å². The molecular formula is C14H24F3NO2. The lowest BCUT2D eigenvalue weighted by molar-refractivity contribution is -0.174.